The van der Waals surface area contributed by atoms with Crippen molar-refractivity contribution in [2.24, 2.45) is 0 Å². The van der Waals surface area contributed by atoms with Crippen LogP contribution in [0.4, 0.5) is 11.4 Å². The summed E-state index contributed by atoms with van der Waals surface area (Å²) in [6, 6.07) is 9.37. The SMILES string of the molecule is Nc1ccccc1-c1cnccc1N. The number of benzene rings is 1. The van der Waals surface area contributed by atoms with Crippen LogP contribution in [-0.4, -0.2) is 4.98 Å². The van der Waals surface area contributed by atoms with Crippen LogP contribution in [0.5, 0.6) is 0 Å². The number of hydrogen-bond acceptors (Lipinski definition) is 3. The van der Waals surface area contributed by atoms with Gasteiger partial charge in [-0.2, -0.15) is 0 Å². The van der Waals surface area contributed by atoms with Gasteiger partial charge < -0.3 is 11.5 Å². The zero-order valence-corrected chi connectivity index (χ0v) is 7.64. The highest BCUT2D eigenvalue weighted by atomic mass is 14.7. The summed E-state index contributed by atoms with van der Waals surface area (Å²) in [6.45, 7) is 0. The fraction of sp³-hybridized carbons (Fsp3) is 0. The molecular formula is C11H11N3. The molecule has 14 heavy (non-hydrogen) atoms. The molecular weight excluding hydrogens is 174 g/mol. The Morgan fingerprint density at radius 3 is 2.29 bits per heavy atom. The first kappa shape index (κ1) is 8.56. The zero-order valence-electron chi connectivity index (χ0n) is 7.64. The van der Waals surface area contributed by atoms with Gasteiger partial charge >= 0.3 is 0 Å². The van der Waals surface area contributed by atoms with Gasteiger partial charge in [0, 0.05) is 34.9 Å². The highest BCUT2D eigenvalue weighted by Crippen LogP contribution is 2.28. The van der Waals surface area contributed by atoms with Crippen LogP contribution in [0.1, 0.15) is 0 Å². The average molecular weight is 185 g/mol. The minimum atomic E-state index is 0.693. The number of anilines is 2. The van der Waals surface area contributed by atoms with Gasteiger partial charge in [0.25, 0.3) is 0 Å². The van der Waals surface area contributed by atoms with Crippen molar-refractivity contribution < 1.29 is 0 Å². The molecule has 70 valence electrons. The van der Waals surface area contributed by atoms with E-state index in [2.05, 4.69) is 4.98 Å². The van der Waals surface area contributed by atoms with Gasteiger partial charge in [-0.15, -0.1) is 0 Å². The van der Waals surface area contributed by atoms with Crippen LogP contribution in [0.2, 0.25) is 0 Å². The number of aromatic nitrogens is 1. The van der Waals surface area contributed by atoms with Crippen molar-refractivity contribution in [2.75, 3.05) is 11.5 Å². The molecule has 3 heteroatoms. The molecule has 0 fully saturated rings. The van der Waals surface area contributed by atoms with E-state index < -0.39 is 0 Å². The fourth-order valence-corrected chi connectivity index (χ4v) is 1.37. The molecule has 0 bridgehead atoms. The summed E-state index contributed by atoms with van der Waals surface area (Å²) in [5.74, 6) is 0. The lowest BCUT2D eigenvalue weighted by Gasteiger charge is -2.07. The molecule has 2 aromatic rings. The molecule has 2 rings (SSSR count). The van der Waals surface area contributed by atoms with Crippen LogP contribution in [0.15, 0.2) is 42.7 Å². The van der Waals surface area contributed by atoms with Crippen molar-refractivity contribution >= 4 is 11.4 Å². The van der Waals surface area contributed by atoms with E-state index in [1.165, 1.54) is 0 Å². The molecule has 0 atom stereocenters. The largest absolute Gasteiger partial charge is 0.398 e. The molecule has 1 aromatic heterocycles. The summed E-state index contributed by atoms with van der Waals surface area (Å²) in [4.78, 5) is 4.03. The second-order valence-corrected chi connectivity index (χ2v) is 3.05. The van der Waals surface area contributed by atoms with Gasteiger partial charge in [-0.25, -0.2) is 0 Å². The second kappa shape index (κ2) is 3.38. The number of nitrogen functional groups attached to an aromatic ring is 2. The van der Waals surface area contributed by atoms with Gasteiger partial charge in [0.2, 0.25) is 0 Å². The maximum atomic E-state index is 5.84. The lowest BCUT2D eigenvalue weighted by molar-refractivity contribution is 1.33. The number of nitrogens with two attached hydrogens (primary N) is 2. The van der Waals surface area contributed by atoms with E-state index in [0.29, 0.717) is 11.4 Å². The minimum Gasteiger partial charge on any atom is -0.398 e. The third-order valence-electron chi connectivity index (χ3n) is 2.11. The van der Waals surface area contributed by atoms with Crippen molar-refractivity contribution in [1.82, 2.24) is 4.98 Å². The fourth-order valence-electron chi connectivity index (χ4n) is 1.37. The predicted molar refractivity (Wildman–Crippen MR) is 58.5 cm³/mol. The molecule has 0 saturated carbocycles. The van der Waals surface area contributed by atoms with Gasteiger partial charge in [0.1, 0.15) is 0 Å². The molecule has 0 aliphatic rings. The number of hydrogen-bond donors (Lipinski definition) is 2. The quantitative estimate of drug-likeness (QED) is 0.667. The summed E-state index contributed by atoms with van der Waals surface area (Å²) < 4.78 is 0. The van der Waals surface area contributed by atoms with Gasteiger partial charge in [-0.05, 0) is 12.1 Å². The van der Waals surface area contributed by atoms with Gasteiger partial charge in [0.05, 0.1) is 0 Å². The van der Waals surface area contributed by atoms with Crippen LogP contribution in [0, 0.1) is 0 Å². The zero-order chi connectivity index (χ0) is 9.97. The van der Waals surface area contributed by atoms with Crippen LogP contribution >= 0.6 is 0 Å². The smallest absolute Gasteiger partial charge is 0.0425 e. The van der Waals surface area contributed by atoms with Crippen molar-refractivity contribution in [3.05, 3.63) is 42.7 Å². The van der Waals surface area contributed by atoms with Gasteiger partial charge in [-0.1, -0.05) is 18.2 Å². The lowest BCUT2D eigenvalue weighted by atomic mass is 10.0. The molecule has 0 saturated heterocycles. The molecule has 0 aliphatic carbocycles. The molecule has 4 N–H and O–H groups in total. The van der Waals surface area contributed by atoms with Gasteiger partial charge in [0.15, 0.2) is 0 Å². The summed E-state index contributed by atoms with van der Waals surface area (Å²) in [5, 5.41) is 0. The van der Waals surface area contributed by atoms with Gasteiger partial charge in [-0.3, -0.25) is 4.98 Å². The number of rotatable bonds is 1. The Kier molecular flexibility index (Phi) is 2.07. The van der Waals surface area contributed by atoms with E-state index >= 15 is 0 Å². The molecule has 0 aliphatic heterocycles. The third kappa shape index (κ3) is 1.40. The van der Waals surface area contributed by atoms with Crippen LogP contribution in [0.3, 0.4) is 0 Å². The Morgan fingerprint density at radius 2 is 1.57 bits per heavy atom. The van der Waals surface area contributed by atoms with Crippen molar-refractivity contribution in [3.63, 3.8) is 0 Å². The van der Waals surface area contributed by atoms with E-state index in [1.54, 1.807) is 18.5 Å². The number of para-hydroxylation sites is 1. The van der Waals surface area contributed by atoms with Crippen molar-refractivity contribution in [1.29, 1.82) is 0 Å². The first-order valence-corrected chi connectivity index (χ1v) is 4.33. The first-order valence-electron chi connectivity index (χ1n) is 4.33. The Balaban J connectivity index is 2.61. The number of nitrogens with zero attached hydrogens (tertiary/aromatic N) is 1. The topological polar surface area (TPSA) is 64.9 Å². The van der Waals surface area contributed by atoms with Crippen LogP contribution < -0.4 is 11.5 Å². The highest BCUT2D eigenvalue weighted by Gasteiger charge is 2.04. The van der Waals surface area contributed by atoms with E-state index in [4.69, 9.17) is 11.5 Å². The molecule has 3 nitrogen and oxygen atoms in total. The maximum Gasteiger partial charge on any atom is 0.0425 e. The van der Waals surface area contributed by atoms with E-state index in [-0.39, 0.29) is 0 Å². The molecule has 0 spiro atoms. The van der Waals surface area contributed by atoms with E-state index in [1.807, 2.05) is 24.3 Å². The van der Waals surface area contributed by atoms with E-state index in [0.717, 1.165) is 11.1 Å². The Morgan fingerprint density at radius 1 is 0.857 bits per heavy atom. The summed E-state index contributed by atoms with van der Waals surface area (Å²) in [5.41, 5.74) is 14.9. The normalized spacial score (nSPS) is 10.0. The third-order valence-corrected chi connectivity index (χ3v) is 2.11. The summed E-state index contributed by atoms with van der Waals surface area (Å²) in [6.07, 6.45) is 3.39. The first-order chi connectivity index (χ1) is 6.79. The van der Waals surface area contributed by atoms with Crippen LogP contribution in [-0.2, 0) is 0 Å². The Bertz CT molecular complexity index is 408. The predicted octanol–water partition coefficient (Wildman–Crippen LogP) is 1.91. The monoisotopic (exact) mass is 185 g/mol. The van der Waals surface area contributed by atoms with Crippen LogP contribution in [0.25, 0.3) is 11.1 Å². The van der Waals surface area contributed by atoms with E-state index in [9.17, 15) is 0 Å². The molecule has 0 unspecified atom stereocenters. The van der Waals surface area contributed by atoms with Crippen molar-refractivity contribution in [2.45, 2.75) is 0 Å². The van der Waals surface area contributed by atoms with Crippen molar-refractivity contribution in [3.8, 4) is 11.1 Å². The Labute approximate surface area is 82.4 Å². The highest BCUT2D eigenvalue weighted by molar-refractivity contribution is 5.83. The lowest BCUT2D eigenvalue weighted by Crippen LogP contribution is -1.94. The second-order valence-electron chi connectivity index (χ2n) is 3.05. The maximum absolute atomic E-state index is 5.84. The summed E-state index contributed by atoms with van der Waals surface area (Å²) >= 11 is 0. The average Bonchev–Trinajstić information content (AvgIpc) is 2.20. The standard InChI is InChI=1S/C11H11N3/c12-10-4-2-1-3-8(10)9-7-14-6-5-11(9)13/h1-7H,12H2,(H2,13,14). The summed E-state index contributed by atoms with van der Waals surface area (Å²) in [7, 11) is 0. The Hall–Kier alpha value is -2.03. The minimum absolute atomic E-state index is 0.693. The molecule has 0 amide bonds. The molecule has 1 heterocycles. The molecule has 1 aromatic carbocycles. The number of pyridine rings is 1. The molecule has 0 radical (unpaired) electrons.